The molecule has 0 unspecified atom stereocenters. The predicted octanol–water partition coefficient (Wildman–Crippen LogP) is 2.36. The Morgan fingerprint density at radius 1 is 1.38 bits per heavy atom. The van der Waals surface area contributed by atoms with Crippen LogP contribution in [0.2, 0.25) is 0 Å². The maximum absolute atomic E-state index is 11.6. The number of thioether (sulfide) groups is 1. The molecule has 0 aliphatic carbocycles. The lowest BCUT2D eigenvalue weighted by atomic mass is 10.2. The number of nitrogens with one attached hydrogen (secondary N) is 1. The van der Waals surface area contributed by atoms with Gasteiger partial charge in [-0.15, -0.1) is 16.8 Å². The second-order valence-electron chi connectivity index (χ2n) is 4.30. The molecule has 0 bridgehead atoms. The zero-order chi connectivity index (χ0) is 15.1. The Balaban J connectivity index is 2.09. The van der Waals surface area contributed by atoms with Gasteiger partial charge in [0.15, 0.2) is 11.0 Å². The van der Waals surface area contributed by atoms with E-state index in [2.05, 4.69) is 22.1 Å². The van der Waals surface area contributed by atoms with E-state index in [0.29, 0.717) is 12.3 Å². The van der Waals surface area contributed by atoms with Crippen molar-refractivity contribution in [3.63, 3.8) is 0 Å². The first-order chi connectivity index (χ1) is 10.3. The second kappa shape index (κ2) is 7.64. The molecule has 0 aliphatic rings. The van der Waals surface area contributed by atoms with Crippen molar-refractivity contribution in [3.8, 4) is 11.4 Å². The standard InChI is InChI=1S/C15H18N4OS/c1-3-10-16-13(20)11-21-15-18-17-14(19(15)4-2)12-8-6-5-7-9-12/h3,5-9H,1,4,10-11H2,2H3,(H,16,20). The average Bonchev–Trinajstić information content (AvgIpc) is 2.94. The van der Waals surface area contributed by atoms with E-state index in [4.69, 9.17) is 0 Å². The van der Waals surface area contributed by atoms with E-state index in [0.717, 1.165) is 23.1 Å². The van der Waals surface area contributed by atoms with Crippen LogP contribution >= 0.6 is 11.8 Å². The highest BCUT2D eigenvalue weighted by molar-refractivity contribution is 7.99. The van der Waals surface area contributed by atoms with Crippen LogP contribution in [0.4, 0.5) is 0 Å². The Morgan fingerprint density at radius 3 is 2.81 bits per heavy atom. The van der Waals surface area contributed by atoms with Crippen LogP contribution in [0.25, 0.3) is 11.4 Å². The summed E-state index contributed by atoms with van der Waals surface area (Å²) >= 11 is 1.39. The molecule has 2 rings (SSSR count). The minimum Gasteiger partial charge on any atom is -0.352 e. The highest BCUT2D eigenvalue weighted by Crippen LogP contribution is 2.23. The molecule has 0 atom stereocenters. The number of rotatable bonds is 7. The summed E-state index contributed by atoms with van der Waals surface area (Å²) in [6, 6.07) is 9.91. The van der Waals surface area contributed by atoms with E-state index in [1.54, 1.807) is 6.08 Å². The van der Waals surface area contributed by atoms with Crippen molar-refractivity contribution in [2.75, 3.05) is 12.3 Å². The van der Waals surface area contributed by atoms with Crippen molar-refractivity contribution in [1.29, 1.82) is 0 Å². The molecule has 1 amide bonds. The van der Waals surface area contributed by atoms with Crippen LogP contribution in [0, 0.1) is 0 Å². The van der Waals surface area contributed by atoms with Crippen LogP contribution in [-0.2, 0) is 11.3 Å². The van der Waals surface area contributed by atoms with Gasteiger partial charge in [-0.1, -0.05) is 48.2 Å². The fraction of sp³-hybridized carbons (Fsp3) is 0.267. The van der Waals surface area contributed by atoms with Crippen molar-refractivity contribution >= 4 is 17.7 Å². The number of nitrogens with zero attached hydrogens (tertiary/aromatic N) is 3. The first-order valence-electron chi connectivity index (χ1n) is 6.75. The summed E-state index contributed by atoms with van der Waals surface area (Å²) in [6.07, 6.45) is 1.66. The van der Waals surface area contributed by atoms with Gasteiger partial charge < -0.3 is 9.88 Å². The molecule has 0 fully saturated rings. The topological polar surface area (TPSA) is 59.8 Å². The molecule has 6 heteroatoms. The molecule has 1 N–H and O–H groups in total. The van der Waals surface area contributed by atoms with Gasteiger partial charge in [-0.2, -0.15) is 0 Å². The molecule has 1 aromatic carbocycles. The molecule has 0 saturated carbocycles. The molecule has 0 radical (unpaired) electrons. The highest BCUT2D eigenvalue weighted by atomic mass is 32.2. The van der Waals surface area contributed by atoms with E-state index >= 15 is 0 Å². The molecule has 0 saturated heterocycles. The molecule has 1 aromatic heterocycles. The van der Waals surface area contributed by atoms with E-state index in [9.17, 15) is 4.79 Å². The molecule has 21 heavy (non-hydrogen) atoms. The number of carbonyl (C=O) groups excluding carboxylic acids is 1. The molecule has 110 valence electrons. The van der Waals surface area contributed by atoms with Gasteiger partial charge in [0.2, 0.25) is 5.91 Å². The Bertz CT molecular complexity index is 609. The third-order valence-electron chi connectivity index (χ3n) is 2.84. The van der Waals surface area contributed by atoms with Crippen LogP contribution in [0.5, 0.6) is 0 Å². The second-order valence-corrected chi connectivity index (χ2v) is 5.24. The number of benzene rings is 1. The van der Waals surface area contributed by atoms with Crippen molar-refractivity contribution in [1.82, 2.24) is 20.1 Å². The Hall–Kier alpha value is -2.08. The van der Waals surface area contributed by atoms with Crippen molar-refractivity contribution in [2.24, 2.45) is 0 Å². The molecular weight excluding hydrogens is 284 g/mol. The van der Waals surface area contributed by atoms with Gasteiger partial charge in [-0.3, -0.25) is 4.79 Å². The Labute approximate surface area is 128 Å². The molecule has 0 aliphatic heterocycles. The van der Waals surface area contributed by atoms with E-state index < -0.39 is 0 Å². The smallest absolute Gasteiger partial charge is 0.230 e. The summed E-state index contributed by atoms with van der Waals surface area (Å²) in [7, 11) is 0. The Morgan fingerprint density at radius 2 is 2.14 bits per heavy atom. The summed E-state index contributed by atoms with van der Waals surface area (Å²) in [5.41, 5.74) is 1.02. The van der Waals surface area contributed by atoms with E-state index in [1.165, 1.54) is 11.8 Å². The SMILES string of the molecule is C=CCNC(=O)CSc1nnc(-c2ccccc2)n1CC. The molecule has 5 nitrogen and oxygen atoms in total. The fourth-order valence-corrected chi connectivity index (χ4v) is 2.68. The lowest BCUT2D eigenvalue weighted by molar-refractivity contribution is -0.118. The van der Waals surface area contributed by atoms with E-state index in [1.807, 2.05) is 41.8 Å². The van der Waals surface area contributed by atoms with Crippen LogP contribution in [0.3, 0.4) is 0 Å². The minimum absolute atomic E-state index is 0.0354. The molecular formula is C15H18N4OS. The van der Waals surface area contributed by atoms with Crippen molar-refractivity contribution in [2.45, 2.75) is 18.6 Å². The Kier molecular flexibility index (Phi) is 5.57. The van der Waals surface area contributed by atoms with Crippen LogP contribution in [-0.4, -0.2) is 33.0 Å². The summed E-state index contributed by atoms with van der Waals surface area (Å²) in [4.78, 5) is 11.6. The monoisotopic (exact) mass is 302 g/mol. The van der Waals surface area contributed by atoms with Gasteiger partial charge >= 0.3 is 0 Å². The van der Waals surface area contributed by atoms with Crippen LogP contribution < -0.4 is 5.32 Å². The number of aromatic nitrogens is 3. The fourth-order valence-electron chi connectivity index (χ4n) is 1.85. The maximum Gasteiger partial charge on any atom is 0.230 e. The van der Waals surface area contributed by atoms with Gasteiger partial charge in [0.05, 0.1) is 5.75 Å². The largest absolute Gasteiger partial charge is 0.352 e. The first-order valence-corrected chi connectivity index (χ1v) is 7.73. The lowest BCUT2D eigenvalue weighted by Crippen LogP contribution is -2.25. The number of hydrogen-bond donors (Lipinski definition) is 1. The summed E-state index contributed by atoms with van der Waals surface area (Å²) in [5, 5.41) is 11.9. The minimum atomic E-state index is -0.0354. The third kappa shape index (κ3) is 3.95. The normalized spacial score (nSPS) is 10.3. The number of carbonyl (C=O) groups is 1. The first kappa shape index (κ1) is 15.3. The van der Waals surface area contributed by atoms with Crippen molar-refractivity contribution in [3.05, 3.63) is 43.0 Å². The van der Waals surface area contributed by atoms with Gasteiger partial charge in [0.1, 0.15) is 0 Å². The quantitative estimate of drug-likeness (QED) is 0.630. The van der Waals surface area contributed by atoms with Gasteiger partial charge in [-0.25, -0.2) is 0 Å². The van der Waals surface area contributed by atoms with E-state index in [-0.39, 0.29) is 5.91 Å². The lowest BCUT2D eigenvalue weighted by Gasteiger charge is -2.07. The van der Waals surface area contributed by atoms with Gasteiger partial charge in [0, 0.05) is 18.7 Å². The zero-order valence-corrected chi connectivity index (χ0v) is 12.8. The third-order valence-corrected chi connectivity index (χ3v) is 3.81. The highest BCUT2D eigenvalue weighted by Gasteiger charge is 2.13. The van der Waals surface area contributed by atoms with Crippen LogP contribution in [0.1, 0.15) is 6.92 Å². The molecule has 1 heterocycles. The molecule has 2 aromatic rings. The van der Waals surface area contributed by atoms with Gasteiger partial charge in [0.25, 0.3) is 0 Å². The van der Waals surface area contributed by atoms with Crippen LogP contribution in [0.15, 0.2) is 48.1 Å². The summed E-state index contributed by atoms with van der Waals surface area (Å²) < 4.78 is 2.01. The molecule has 0 spiro atoms. The van der Waals surface area contributed by atoms with Crippen molar-refractivity contribution < 1.29 is 4.79 Å². The number of amides is 1. The predicted molar refractivity (Wildman–Crippen MR) is 85.1 cm³/mol. The number of hydrogen-bond acceptors (Lipinski definition) is 4. The summed E-state index contributed by atoms with van der Waals surface area (Å²) in [6.45, 7) is 6.85. The zero-order valence-electron chi connectivity index (χ0n) is 12.0. The average molecular weight is 302 g/mol. The van der Waals surface area contributed by atoms with Gasteiger partial charge in [-0.05, 0) is 6.92 Å². The maximum atomic E-state index is 11.6. The summed E-state index contributed by atoms with van der Waals surface area (Å²) in [5.74, 6) is 1.11.